The number of ether oxygens (including phenoxy) is 1. The molecule has 0 bridgehead atoms. The third-order valence-corrected chi connectivity index (χ3v) is 1.94. The molecule has 0 unspecified atom stereocenters. The maximum Gasteiger partial charge on any atom is 0.339 e. The van der Waals surface area contributed by atoms with Gasteiger partial charge in [-0.3, -0.25) is 0 Å². The van der Waals surface area contributed by atoms with E-state index in [4.69, 9.17) is 4.74 Å². The monoisotopic (exact) mass is 240 g/mol. The molecule has 0 fully saturated rings. The number of hydrogen-bond donors (Lipinski definition) is 0. The molecule has 0 amide bonds. The molecule has 18 heavy (non-hydrogen) atoms. The van der Waals surface area contributed by atoms with Gasteiger partial charge < -0.3 is 4.74 Å². The van der Waals surface area contributed by atoms with Crippen molar-refractivity contribution in [1.29, 1.82) is 0 Å². The minimum absolute atomic E-state index is 0.0929. The number of esters is 1. The molecular weight excluding hydrogens is 228 g/mol. The highest BCUT2D eigenvalue weighted by Gasteiger charge is 2.05. The summed E-state index contributed by atoms with van der Waals surface area (Å²) in [7, 11) is 0. The van der Waals surface area contributed by atoms with Gasteiger partial charge in [-0.2, -0.15) is 0 Å². The van der Waals surface area contributed by atoms with Crippen molar-refractivity contribution in [3.8, 4) is 11.8 Å². The quantitative estimate of drug-likeness (QED) is 0.266. The second kappa shape index (κ2) is 7.67. The van der Waals surface area contributed by atoms with Crippen LogP contribution in [0.1, 0.15) is 12.5 Å². The van der Waals surface area contributed by atoms with Gasteiger partial charge in [0, 0.05) is 17.7 Å². The summed E-state index contributed by atoms with van der Waals surface area (Å²) in [6.07, 6.45) is 2.35. The molecule has 3 heteroatoms. The third kappa shape index (κ3) is 4.52. The van der Waals surface area contributed by atoms with Crippen molar-refractivity contribution in [2.45, 2.75) is 6.92 Å². The SMILES string of the molecule is CCOC(=O)/C(C=C=O)=C/C#Cc1ccccc1. The smallest absolute Gasteiger partial charge is 0.339 e. The van der Waals surface area contributed by atoms with Crippen LogP contribution >= 0.6 is 0 Å². The molecule has 0 aliphatic carbocycles. The minimum atomic E-state index is -0.580. The van der Waals surface area contributed by atoms with Crippen LogP contribution < -0.4 is 0 Å². The van der Waals surface area contributed by atoms with Crippen molar-refractivity contribution < 1.29 is 14.3 Å². The first-order valence-electron chi connectivity index (χ1n) is 5.42. The van der Waals surface area contributed by atoms with Crippen LogP contribution in [0.25, 0.3) is 0 Å². The van der Waals surface area contributed by atoms with Gasteiger partial charge in [-0.25, -0.2) is 9.59 Å². The molecule has 0 atom stereocenters. The maximum atomic E-state index is 11.4. The van der Waals surface area contributed by atoms with E-state index in [0.717, 1.165) is 11.6 Å². The highest BCUT2D eigenvalue weighted by Crippen LogP contribution is 1.99. The first-order valence-corrected chi connectivity index (χ1v) is 5.42. The van der Waals surface area contributed by atoms with Crippen LogP contribution in [0.15, 0.2) is 48.1 Å². The Labute approximate surface area is 106 Å². The van der Waals surface area contributed by atoms with Gasteiger partial charge in [-0.05, 0) is 19.1 Å². The van der Waals surface area contributed by atoms with Crippen LogP contribution in [0.2, 0.25) is 0 Å². The molecule has 0 aliphatic heterocycles. The van der Waals surface area contributed by atoms with Gasteiger partial charge in [0.05, 0.1) is 12.2 Å². The third-order valence-electron chi connectivity index (χ3n) is 1.94. The van der Waals surface area contributed by atoms with E-state index < -0.39 is 5.97 Å². The van der Waals surface area contributed by atoms with Crippen LogP contribution in [0.5, 0.6) is 0 Å². The Kier molecular flexibility index (Phi) is 5.76. The maximum absolute atomic E-state index is 11.4. The number of benzene rings is 1. The van der Waals surface area contributed by atoms with E-state index in [1.807, 2.05) is 30.3 Å². The predicted molar refractivity (Wildman–Crippen MR) is 68.3 cm³/mol. The average Bonchev–Trinajstić information content (AvgIpc) is 2.39. The number of carbonyl (C=O) groups excluding carboxylic acids is 2. The van der Waals surface area contributed by atoms with Crippen molar-refractivity contribution in [1.82, 2.24) is 0 Å². The fourth-order valence-corrected chi connectivity index (χ4v) is 1.16. The highest BCUT2D eigenvalue weighted by molar-refractivity contribution is 5.94. The van der Waals surface area contributed by atoms with Crippen LogP contribution in [0, 0.1) is 11.8 Å². The van der Waals surface area contributed by atoms with Gasteiger partial charge in [-0.15, -0.1) is 0 Å². The Bertz CT molecular complexity index is 538. The van der Waals surface area contributed by atoms with Crippen molar-refractivity contribution >= 4 is 11.9 Å². The molecule has 3 nitrogen and oxygen atoms in total. The largest absolute Gasteiger partial charge is 0.462 e. The Balaban J connectivity index is 2.88. The molecule has 1 aromatic rings. The Morgan fingerprint density at radius 3 is 2.67 bits per heavy atom. The van der Waals surface area contributed by atoms with E-state index in [2.05, 4.69) is 11.8 Å². The molecule has 90 valence electrons. The lowest BCUT2D eigenvalue weighted by Gasteiger charge is -1.98. The predicted octanol–water partition coefficient (Wildman–Crippen LogP) is 1.92. The van der Waals surface area contributed by atoms with Gasteiger partial charge in [0.2, 0.25) is 0 Å². The molecule has 0 spiro atoms. The van der Waals surface area contributed by atoms with Crippen LogP contribution in [-0.2, 0) is 14.3 Å². The highest BCUT2D eigenvalue weighted by atomic mass is 16.5. The fourth-order valence-electron chi connectivity index (χ4n) is 1.16. The van der Waals surface area contributed by atoms with Gasteiger partial charge in [0.1, 0.15) is 5.94 Å². The average molecular weight is 240 g/mol. The second-order valence-electron chi connectivity index (χ2n) is 3.22. The lowest BCUT2D eigenvalue weighted by atomic mass is 10.2. The number of hydrogen-bond acceptors (Lipinski definition) is 3. The molecule has 1 aromatic carbocycles. The van der Waals surface area contributed by atoms with E-state index in [-0.39, 0.29) is 12.2 Å². The zero-order valence-corrected chi connectivity index (χ0v) is 9.97. The van der Waals surface area contributed by atoms with E-state index in [1.165, 1.54) is 6.08 Å². The molecular formula is C15H12O3. The summed E-state index contributed by atoms with van der Waals surface area (Å²) < 4.78 is 4.77. The summed E-state index contributed by atoms with van der Waals surface area (Å²) in [6, 6.07) is 9.32. The summed E-state index contributed by atoms with van der Waals surface area (Å²) >= 11 is 0. The Morgan fingerprint density at radius 1 is 1.33 bits per heavy atom. The van der Waals surface area contributed by atoms with Crippen molar-refractivity contribution in [3.63, 3.8) is 0 Å². The Morgan fingerprint density at radius 2 is 2.06 bits per heavy atom. The lowest BCUT2D eigenvalue weighted by Crippen LogP contribution is -2.05. The fraction of sp³-hybridized carbons (Fsp3) is 0.133. The zero-order valence-electron chi connectivity index (χ0n) is 9.97. The number of allylic oxidation sites excluding steroid dienone is 1. The van der Waals surface area contributed by atoms with Crippen molar-refractivity contribution in [2.75, 3.05) is 6.61 Å². The molecule has 0 radical (unpaired) electrons. The normalized spacial score (nSPS) is 9.72. The molecule has 0 aliphatic rings. The van der Waals surface area contributed by atoms with Crippen LogP contribution in [-0.4, -0.2) is 18.5 Å². The number of carbonyl (C=O) groups is 1. The molecule has 0 saturated carbocycles. The summed E-state index contributed by atoms with van der Waals surface area (Å²) in [5.74, 6) is 6.51. The van der Waals surface area contributed by atoms with Crippen molar-refractivity contribution in [2.24, 2.45) is 0 Å². The first-order chi connectivity index (χ1) is 8.77. The summed E-state index contributed by atoms with van der Waals surface area (Å²) in [5.41, 5.74) is 0.919. The minimum Gasteiger partial charge on any atom is -0.462 e. The first kappa shape index (κ1) is 13.5. The van der Waals surface area contributed by atoms with E-state index in [9.17, 15) is 9.59 Å². The second-order valence-corrected chi connectivity index (χ2v) is 3.22. The standard InChI is InChI=1S/C15H12O3/c1-2-18-15(17)14(11-12-16)10-6-9-13-7-4-3-5-8-13/h3-5,7-8,10-11H,2H2,1H3/b14-10+. The summed E-state index contributed by atoms with van der Waals surface area (Å²) in [4.78, 5) is 21.7. The van der Waals surface area contributed by atoms with Gasteiger partial charge in [-0.1, -0.05) is 30.0 Å². The van der Waals surface area contributed by atoms with E-state index in [1.54, 1.807) is 12.9 Å². The summed E-state index contributed by atoms with van der Waals surface area (Å²) in [6.45, 7) is 1.94. The van der Waals surface area contributed by atoms with Crippen LogP contribution in [0.4, 0.5) is 0 Å². The Hall–Kier alpha value is -2.56. The molecule has 0 heterocycles. The lowest BCUT2D eigenvalue weighted by molar-refractivity contribution is -0.138. The molecule has 0 saturated heterocycles. The number of rotatable bonds is 3. The van der Waals surface area contributed by atoms with Gasteiger partial charge >= 0.3 is 5.97 Å². The molecule has 0 aromatic heterocycles. The topological polar surface area (TPSA) is 43.4 Å². The van der Waals surface area contributed by atoms with E-state index >= 15 is 0 Å². The van der Waals surface area contributed by atoms with Gasteiger partial charge in [0.25, 0.3) is 0 Å². The zero-order chi connectivity index (χ0) is 13.2. The van der Waals surface area contributed by atoms with E-state index in [0.29, 0.717) is 0 Å². The molecule has 1 rings (SSSR count). The summed E-state index contributed by atoms with van der Waals surface area (Å²) in [5, 5.41) is 0. The van der Waals surface area contributed by atoms with Crippen molar-refractivity contribution in [3.05, 3.63) is 53.6 Å². The van der Waals surface area contributed by atoms with Gasteiger partial charge in [0.15, 0.2) is 0 Å². The van der Waals surface area contributed by atoms with Crippen LogP contribution in [0.3, 0.4) is 0 Å². The molecule has 0 N–H and O–H groups in total.